The van der Waals surface area contributed by atoms with E-state index in [0.29, 0.717) is 5.75 Å². The van der Waals surface area contributed by atoms with Crippen LogP contribution < -0.4 is 5.32 Å². The third-order valence-corrected chi connectivity index (χ3v) is 3.43. The van der Waals surface area contributed by atoms with Crippen molar-refractivity contribution in [3.8, 4) is 5.75 Å². The van der Waals surface area contributed by atoms with Crippen LogP contribution >= 0.6 is 0 Å². The van der Waals surface area contributed by atoms with Crippen molar-refractivity contribution in [3.05, 3.63) is 64.7 Å². The Morgan fingerprint density at radius 1 is 0.895 bits per heavy atom. The van der Waals surface area contributed by atoms with Gasteiger partial charge in [-0.3, -0.25) is 0 Å². The molecule has 19 heavy (non-hydrogen) atoms. The number of nitrogens with one attached hydrogen (secondary N) is 1. The average molecular weight is 255 g/mol. The highest BCUT2D eigenvalue weighted by atomic mass is 16.3. The molecule has 0 radical (unpaired) electrons. The van der Waals surface area contributed by atoms with Crippen LogP contribution in [0.3, 0.4) is 0 Å². The van der Waals surface area contributed by atoms with Crippen molar-refractivity contribution in [2.24, 2.45) is 0 Å². The maximum Gasteiger partial charge on any atom is 0.115 e. The van der Waals surface area contributed by atoms with Gasteiger partial charge in [0.2, 0.25) is 0 Å². The van der Waals surface area contributed by atoms with E-state index >= 15 is 0 Å². The smallest absolute Gasteiger partial charge is 0.115 e. The molecule has 0 aliphatic carbocycles. The maximum atomic E-state index is 9.21. The minimum Gasteiger partial charge on any atom is -0.508 e. The van der Waals surface area contributed by atoms with E-state index in [9.17, 15) is 5.11 Å². The predicted molar refractivity (Wildman–Crippen MR) is 79.4 cm³/mol. The van der Waals surface area contributed by atoms with E-state index in [-0.39, 0.29) is 0 Å². The van der Waals surface area contributed by atoms with Crippen molar-refractivity contribution in [3.63, 3.8) is 0 Å². The Balaban J connectivity index is 1.77. The van der Waals surface area contributed by atoms with E-state index in [0.717, 1.165) is 19.5 Å². The molecule has 100 valence electrons. The zero-order valence-electron chi connectivity index (χ0n) is 11.6. The molecule has 0 saturated heterocycles. The van der Waals surface area contributed by atoms with Crippen molar-refractivity contribution in [1.82, 2.24) is 5.32 Å². The van der Waals surface area contributed by atoms with Crippen LogP contribution in [-0.2, 0) is 13.0 Å². The minimum atomic E-state index is 0.326. The highest BCUT2D eigenvalue weighted by molar-refractivity contribution is 5.30. The van der Waals surface area contributed by atoms with Gasteiger partial charge in [0.1, 0.15) is 5.75 Å². The Hall–Kier alpha value is -1.80. The first kappa shape index (κ1) is 13.6. The van der Waals surface area contributed by atoms with E-state index in [1.807, 2.05) is 12.1 Å². The summed E-state index contributed by atoms with van der Waals surface area (Å²) in [7, 11) is 0. The van der Waals surface area contributed by atoms with E-state index in [1.165, 1.54) is 22.3 Å². The largest absolute Gasteiger partial charge is 0.508 e. The Labute approximate surface area is 115 Å². The average Bonchev–Trinajstić information content (AvgIpc) is 2.41. The molecule has 2 rings (SSSR count). The van der Waals surface area contributed by atoms with E-state index in [2.05, 4.69) is 37.4 Å². The van der Waals surface area contributed by atoms with Crippen LogP contribution in [0.5, 0.6) is 5.75 Å². The molecular formula is C17H21NO. The molecule has 0 aliphatic rings. The first-order valence-electron chi connectivity index (χ1n) is 6.70. The van der Waals surface area contributed by atoms with Gasteiger partial charge < -0.3 is 10.4 Å². The van der Waals surface area contributed by atoms with Gasteiger partial charge in [-0.2, -0.15) is 0 Å². The molecule has 0 aliphatic heterocycles. The molecule has 0 spiro atoms. The third-order valence-electron chi connectivity index (χ3n) is 3.43. The summed E-state index contributed by atoms with van der Waals surface area (Å²) in [4.78, 5) is 0. The highest BCUT2D eigenvalue weighted by Gasteiger charge is 1.97. The van der Waals surface area contributed by atoms with Crippen molar-refractivity contribution in [2.75, 3.05) is 6.54 Å². The van der Waals surface area contributed by atoms with E-state index < -0.39 is 0 Å². The van der Waals surface area contributed by atoms with Crippen LogP contribution in [0.25, 0.3) is 0 Å². The first-order valence-corrected chi connectivity index (χ1v) is 6.70. The summed E-state index contributed by atoms with van der Waals surface area (Å²) in [6.45, 7) is 6.13. The molecule has 0 aromatic heterocycles. The van der Waals surface area contributed by atoms with Gasteiger partial charge in [-0.15, -0.1) is 0 Å². The van der Waals surface area contributed by atoms with Crippen molar-refractivity contribution >= 4 is 0 Å². The number of benzene rings is 2. The number of rotatable bonds is 5. The number of hydrogen-bond donors (Lipinski definition) is 2. The second-order valence-corrected chi connectivity index (χ2v) is 5.01. The Morgan fingerprint density at radius 3 is 2.26 bits per heavy atom. The quantitative estimate of drug-likeness (QED) is 0.803. The summed E-state index contributed by atoms with van der Waals surface area (Å²) in [6, 6.07) is 14.0. The number of hydrogen-bond acceptors (Lipinski definition) is 2. The number of aromatic hydroxyl groups is 1. The fraction of sp³-hybridized carbons (Fsp3) is 0.294. The van der Waals surface area contributed by atoms with Crippen LogP contribution in [0.2, 0.25) is 0 Å². The molecule has 0 saturated carbocycles. The molecule has 2 nitrogen and oxygen atoms in total. The second kappa shape index (κ2) is 6.39. The van der Waals surface area contributed by atoms with Gasteiger partial charge in [0.05, 0.1) is 0 Å². The Bertz CT molecular complexity index is 531. The van der Waals surface area contributed by atoms with Crippen molar-refractivity contribution in [2.45, 2.75) is 26.8 Å². The number of aryl methyl sites for hydroxylation is 2. The lowest BCUT2D eigenvalue weighted by Crippen LogP contribution is -2.16. The molecule has 0 amide bonds. The first-order chi connectivity index (χ1) is 9.15. The van der Waals surface area contributed by atoms with E-state index in [1.54, 1.807) is 12.1 Å². The van der Waals surface area contributed by atoms with Crippen molar-refractivity contribution < 1.29 is 5.11 Å². The normalized spacial score (nSPS) is 10.6. The topological polar surface area (TPSA) is 32.3 Å². The summed E-state index contributed by atoms with van der Waals surface area (Å²) in [5.74, 6) is 0.326. The molecule has 0 fully saturated rings. The predicted octanol–water partition coefficient (Wildman–Crippen LogP) is 3.34. The summed E-state index contributed by atoms with van der Waals surface area (Å²) in [6.07, 6.45) is 0.977. The third kappa shape index (κ3) is 4.11. The van der Waals surface area contributed by atoms with Crippen molar-refractivity contribution in [1.29, 1.82) is 0 Å². The molecule has 2 N–H and O–H groups in total. The summed E-state index contributed by atoms with van der Waals surface area (Å²) < 4.78 is 0. The van der Waals surface area contributed by atoms with E-state index in [4.69, 9.17) is 0 Å². The molecule has 0 unspecified atom stereocenters. The fourth-order valence-electron chi connectivity index (χ4n) is 2.04. The van der Waals surface area contributed by atoms with Crippen LogP contribution in [0.1, 0.15) is 22.3 Å². The zero-order valence-corrected chi connectivity index (χ0v) is 11.6. The minimum absolute atomic E-state index is 0.326. The Kier molecular flexibility index (Phi) is 4.58. The Morgan fingerprint density at radius 2 is 1.58 bits per heavy atom. The zero-order chi connectivity index (χ0) is 13.7. The second-order valence-electron chi connectivity index (χ2n) is 5.01. The standard InChI is InChI=1S/C17H21NO/c1-13-3-4-16(11-14(13)2)12-18-10-9-15-5-7-17(19)8-6-15/h3-8,11,18-19H,9-10,12H2,1-2H3. The lowest BCUT2D eigenvalue weighted by molar-refractivity contribution is 0.475. The van der Waals surface area contributed by atoms with Crippen LogP contribution in [0.4, 0.5) is 0 Å². The molecule has 2 heteroatoms. The maximum absolute atomic E-state index is 9.21. The molecule has 2 aromatic carbocycles. The van der Waals surface area contributed by atoms with Crippen LogP contribution in [-0.4, -0.2) is 11.7 Å². The van der Waals surface area contributed by atoms with Gasteiger partial charge in [-0.1, -0.05) is 30.3 Å². The molecule has 2 aromatic rings. The van der Waals surface area contributed by atoms with Gasteiger partial charge in [-0.25, -0.2) is 0 Å². The summed E-state index contributed by atoms with van der Waals surface area (Å²) in [5, 5.41) is 12.7. The number of phenolic OH excluding ortho intramolecular Hbond substituents is 1. The monoisotopic (exact) mass is 255 g/mol. The van der Waals surface area contributed by atoms with Gasteiger partial charge in [0.15, 0.2) is 0 Å². The summed E-state index contributed by atoms with van der Waals surface area (Å²) >= 11 is 0. The molecule has 0 atom stereocenters. The van der Waals surface area contributed by atoms with Gasteiger partial charge in [0.25, 0.3) is 0 Å². The van der Waals surface area contributed by atoms with Gasteiger partial charge in [-0.05, 0) is 61.2 Å². The molecule has 0 heterocycles. The fourth-order valence-corrected chi connectivity index (χ4v) is 2.04. The summed E-state index contributed by atoms with van der Waals surface area (Å²) in [5.41, 5.74) is 5.25. The SMILES string of the molecule is Cc1ccc(CNCCc2ccc(O)cc2)cc1C. The molecule has 0 bridgehead atoms. The number of phenols is 1. The van der Waals surface area contributed by atoms with Crippen LogP contribution in [0, 0.1) is 13.8 Å². The lowest BCUT2D eigenvalue weighted by Gasteiger charge is -2.07. The lowest BCUT2D eigenvalue weighted by atomic mass is 10.1. The van der Waals surface area contributed by atoms with Gasteiger partial charge >= 0.3 is 0 Å². The van der Waals surface area contributed by atoms with Crippen LogP contribution in [0.15, 0.2) is 42.5 Å². The highest BCUT2D eigenvalue weighted by Crippen LogP contribution is 2.11. The molecular weight excluding hydrogens is 234 g/mol. The van der Waals surface area contributed by atoms with Gasteiger partial charge in [0, 0.05) is 6.54 Å².